The molecule has 1 unspecified atom stereocenters. The van der Waals surface area contributed by atoms with Crippen molar-refractivity contribution in [2.24, 2.45) is 11.8 Å². The Hall–Kier alpha value is -0.860. The maximum Gasteiger partial charge on any atom is 0.313 e. The van der Waals surface area contributed by atoms with E-state index in [4.69, 9.17) is 4.74 Å². The van der Waals surface area contributed by atoms with Crippen LogP contribution in [0.4, 0.5) is 0 Å². The number of rotatable bonds is 6. The molecule has 1 aliphatic rings. The smallest absolute Gasteiger partial charge is 0.313 e. The molecule has 0 aromatic heterocycles. The summed E-state index contributed by atoms with van der Waals surface area (Å²) < 4.78 is 5.55. The molecule has 18 heavy (non-hydrogen) atoms. The SMILES string of the molecule is CC(=O)CC(=O)OC(CC(C)C)C1CCCCC1. The minimum Gasteiger partial charge on any atom is -0.462 e. The summed E-state index contributed by atoms with van der Waals surface area (Å²) in [6.07, 6.45) is 6.93. The Morgan fingerprint density at radius 3 is 2.28 bits per heavy atom. The molecule has 104 valence electrons. The second kappa shape index (κ2) is 7.55. The number of hydrogen-bond acceptors (Lipinski definition) is 3. The van der Waals surface area contributed by atoms with Gasteiger partial charge in [-0.05, 0) is 38.0 Å². The molecule has 0 N–H and O–H groups in total. The fourth-order valence-corrected chi connectivity index (χ4v) is 2.72. The number of ketones is 1. The van der Waals surface area contributed by atoms with Crippen LogP contribution in [0.1, 0.15) is 65.7 Å². The summed E-state index contributed by atoms with van der Waals surface area (Å²) in [4.78, 5) is 22.6. The molecule has 0 radical (unpaired) electrons. The number of esters is 1. The van der Waals surface area contributed by atoms with E-state index in [-0.39, 0.29) is 24.3 Å². The Morgan fingerprint density at radius 1 is 1.17 bits per heavy atom. The molecule has 0 saturated heterocycles. The van der Waals surface area contributed by atoms with Gasteiger partial charge in [0.2, 0.25) is 0 Å². The summed E-state index contributed by atoms with van der Waals surface area (Å²) in [5.41, 5.74) is 0. The third kappa shape index (κ3) is 5.65. The number of ether oxygens (including phenoxy) is 1. The Balaban J connectivity index is 2.53. The third-order valence-corrected chi connectivity index (χ3v) is 3.56. The van der Waals surface area contributed by atoms with Gasteiger partial charge in [-0.2, -0.15) is 0 Å². The van der Waals surface area contributed by atoms with Gasteiger partial charge in [0.25, 0.3) is 0 Å². The Morgan fingerprint density at radius 2 is 1.78 bits per heavy atom. The van der Waals surface area contributed by atoms with Crippen molar-refractivity contribution in [3.05, 3.63) is 0 Å². The van der Waals surface area contributed by atoms with Gasteiger partial charge in [0.1, 0.15) is 18.3 Å². The van der Waals surface area contributed by atoms with E-state index in [0.29, 0.717) is 11.8 Å². The standard InChI is InChI=1S/C15H26O3/c1-11(2)9-14(13-7-5-4-6-8-13)18-15(17)10-12(3)16/h11,13-14H,4-10H2,1-3H3. The average molecular weight is 254 g/mol. The fraction of sp³-hybridized carbons (Fsp3) is 0.867. The van der Waals surface area contributed by atoms with Crippen molar-refractivity contribution < 1.29 is 14.3 Å². The molecule has 1 atom stereocenters. The van der Waals surface area contributed by atoms with Crippen LogP contribution in [0, 0.1) is 11.8 Å². The normalized spacial score (nSPS) is 18.7. The van der Waals surface area contributed by atoms with Crippen molar-refractivity contribution >= 4 is 11.8 Å². The molecule has 0 spiro atoms. The van der Waals surface area contributed by atoms with Crippen LogP contribution < -0.4 is 0 Å². The summed E-state index contributed by atoms with van der Waals surface area (Å²) in [7, 11) is 0. The minimum absolute atomic E-state index is 0.0112. The highest BCUT2D eigenvalue weighted by Crippen LogP contribution is 2.31. The zero-order chi connectivity index (χ0) is 13.5. The van der Waals surface area contributed by atoms with Crippen molar-refractivity contribution in [2.45, 2.75) is 71.8 Å². The van der Waals surface area contributed by atoms with Gasteiger partial charge in [0, 0.05) is 0 Å². The topological polar surface area (TPSA) is 43.4 Å². The molecule has 3 nitrogen and oxygen atoms in total. The van der Waals surface area contributed by atoms with Crippen LogP contribution in [0.2, 0.25) is 0 Å². The van der Waals surface area contributed by atoms with E-state index in [1.54, 1.807) is 0 Å². The van der Waals surface area contributed by atoms with Crippen molar-refractivity contribution in [2.75, 3.05) is 0 Å². The molecular weight excluding hydrogens is 228 g/mol. The molecule has 1 saturated carbocycles. The molecule has 0 heterocycles. The van der Waals surface area contributed by atoms with Crippen molar-refractivity contribution in [3.63, 3.8) is 0 Å². The number of carbonyl (C=O) groups excluding carboxylic acids is 2. The van der Waals surface area contributed by atoms with Crippen LogP contribution in [0.3, 0.4) is 0 Å². The highest BCUT2D eigenvalue weighted by atomic mass is 16.5. The zero-order valence-corrected chi connectivity index (χ0v) is 11.9. The summed E-state index contributed by atoms with van der Waals surface area (Å²) >= 11 is 0. The molecule has 1 aliphatic carbocycles. The van der Waals surface area contributed by atoms with E-state index in [2.05, 4.69) is 13.8 Å². The van der Waals surface area contributed by atoms with E-state index in [1.165, 1.54) is 26.2 Å². The van der Waals surface area contributed by atoms with Gasteiger partial charge in [0.15, 0.2) is 0 Å². The minimum atomic E-state index is -0.348. The van der Waals surface area contributed by atoms with Gasteiger partial charge in [-0.1, -0.05) is 33.1 Å². The lowest BCUT2D eigenvalue weighted by Crippen LogP contribution is -2.30. The van der Waals surface area contributed by atoms with Gasteiger partial charge in [-0.15, -0.1) is 0 Å². The quantitative estimate of drug-likeness (QED) is 0.538. The van der Waals surface area contributed by atoms with Crippen molar-refractivity contribution in [3.8, 4) is 0 Å². The predicted octanol–water partition coefficient (Wildman–Crippen LogP) is 3.50. The molecular formula is C15H26O3. The van der Waals surface area contributed by atoms with Gasteiger partial charge >= 0.3 is 5.97 Å². The lowest BCUT2D eigenvalue weighted by Gasteiger charge is -2.31. The van der Waals surface area contributed by atoms with E-state index in [0.717, 1.165) is 19.3 Å². The van der Waals surface area contributed by atoms with Crippen LogP contribution in [-0.4, -0.2) is 17.9 Å². The molecule has 1 rings (SSSR count). The van der Waals surface area contributed by atoms with Gasteiger partial charge in [-0.3, -0.25) is 9.59 Å². The van der Waals surface area contributed by atoms with Crippen LogP contribution in [0.25, 0.3) is 0 Å². The fourth-order valence-electron chi connectivity index (χ4n) is 2.72. The Labute approximate surface area is 110 Å². The van der Waals surface area contributed by atoms with E-state index in [1.807, 2.05) is 0 Å². The molecule has 3 heteroatoms. The monoisotopic (exact) mass is 254 g/mol. The molecule has 0 aliphatic heterocycles. The molecule has 0 aromatic rings. The number of Topliss-reactive ketones (excluding diaryl/α,β-unsaturated/α-hetero) is 1. The van der Waals surface area contributed by atoms with Crippen molar-refractivity contribution in [1.29, 1.82) is 0 Å². The van der Waals surface area contributed by atoms with Gasteiger partial charge in [-0.25, -0.2) is 0 Å². The summed E-state index contributed by atoms with van der Waals surface area (Å²) in [6, 6.07) is 0. The zero-order valence-electron chi connectivity index (χ0n) is 11.9. The first-order chi connectivity index (χ1) is 8.49. The molecule has 0 amide bonds. The lowest BCUT2D eigenvalue weighted by atomic mass is 9.82. The average Bonchev–Trinajstić information content (AvgIpc) is 2.27. The Kier molecular flexibility index (Phi) is 6.37. The molecule has 0 aromatic carbocycles. The second-order valence-electron chi connectivity index (χ2n) is 5.93. The lowest BCUT2D eigenvalue weighted by molar-refractivity contribution is -0.154. The summed E-state index contributed by atoms with van der Waals surface area (Å²) in [5, 5.41) is 0. The maximum absolute atomic E-state index is 11.6. The van der Waals surface area contributed by atoms with E-state index >= 15 is 0 Å². The highest BCUT2D eigenvalue weighted by molar-refractivity contribution is 5.94. The first kappa shape index (κ1) is 15.2. The summed E-state index contributed by atoms with van der Waals surface area (Å²) in [6.45, 7) is 5.72. The van der Waals surface area contributed by atoms with Crippen LogP contribution in [0.5, 0.6) is 0 Å². The Bertz CT molecular complexity index is 277. The van der Waals surface area contributed by atoms with E-state index < -0.39 is 0 Å². The largest absolute Gasteiger partial charge is 0.462 e. The van der Waals surface area contributed by atoms with E-state index in [9.17, 15) is 9.59 Å². The van der Waals surface area contributed by atoms with Gasteiger partial charge < -0.3 is 4.74 Å². The number of hydrogen-bond donors (Lipinski definition) is 0. The molecule has 0 bridgehead atoms. The molecule has 1 fully saturated rings. The highest BCUT2D eigenvalue weighted by Gasteiger charge is 2.27. The second-order valence-corrected chi connectivity index (χ2v) is 5.93. The first-order valence-corrected chi connectivity index (χ1v) is 7.18. The van der Waals surface area contributed by atoms with Gasteiger partial charge in [0.05, 0.1) is 0 Å². The third-order valence-electron chi connectivity index (χ3n) is 3.56. The van der Waals surface area contributed by atoms with Crippen LogP contribution in [-0.2, 0) is 14.3 Å². The maximum atomic E-state index is 11.6. The van der Waals surface area contributed by atoms with Crippen molar-refractivity contribution in [1.82, 2.24) is 0 Å². The number of carbonyl (C=O) groups is 2. The van der Waals surface area contributed by atoms with Crippen LogP contribution in [0.15, 0.2) is 0 Å². The van der Waals surface area contributed by atoms with Crippen LogP contribution >= 0.6 is 0 Å². The summed E-state index contributed by atoms with van der Waals surface area (Å²) in [5.74, 6) is 0.546. The predicted molar refractivity (Wildman–Crippen MR) is 71.2 cm³/mol. The first-order valence-electron chi connectivity index (χ1n) is 7.18.